The molecule has 0 aliphatic heterocycles. The molecule has 1 N–H and O–H groups in total. The fourth-order valence-corrected chi connectivity index (χ4v) is 2.13. The van der Waals surface area contributed by atoms with Gasteiger partial charge in [-0.15, -0.1) is 0 Å². The van der Waals surface area contributed by atoms with Crippen molar-refractivity contribution in [3.05, 3.63) is 58.9 Å². The molecule has 3 heteroatoms. The van der Waals surface area contributed by atoms with Crippen LogP contribution in [0.3, 0.4) is 0 Å². The van der Waals surface area contributed by atoms with E-state index < -0.39 is 0 Å². The van der Waals surface area contributed by atoms with Crippen LogP contribution in [0.15, 0.2) is 53.3 Å². The van der Waals surface area contributed by atoms with Crippen molar-refractivity contribution >= 4 is 10.9 Å². The highest BCUT2D eigenvalue weighted by Crippen LogP contribution is 2.11. The van der Waals surface area contributed by atoms with E-state index in [9.17, 15) is 4.79 Å². The Morgan fingerprint density at radius 3 is 2.84 bits per heavy atom. The molecule has 0 spiro atoms. The maximum Gasteiger partial charge on any atom is 0.251 e. The molecule has 100 valence electrons. The number of nitrogens with zero attached hydrogens (tertiary/aromatic N) is 1. The third-order valence-corrected chi connectivity index (χ3v) is 3.08. The van der Waals surface area contributed by atoms with Crippen LogP contribution in [0, 0.1) is 0 Å². The third kappa shape index (κ3) is 3.32. The quantitative estimate of drug-likeness (QED) is 0.636. The Morgan fingerprint density at radius 2 is 2.05 bits per heavy atom. The van der Waals surface area contributed by atoms with E-state index in [4.69, 9.17) is 0 Å². The van der Waals surface area contributed by atoms with Gasteiger partial charge in [0.2, 0.25) is 0 Å². The van der Waals surface area contributed by atoms with Crippen LogP contribution in [0.2, 0.25) is 0 Å². The minimum Gasteiger partial charge on any atom is -0.313 e. The van der Waals surface area contributed by atoms with E-state index in [0.717, 1.165) is 36.0 Å². The summed E-state index contributed by atoms with van der Waals surface area (Å²) in [7, 11) is 0. The van der Waals surface area contributed by atoms with Gasteiger partial charge in [-0.25, -0.2) is 0 Å². The molecule has 0 fully saturated rings. The van der Waals surface area contributed by atoms with Crippen molar-refractivity contribution in [3.63, 3.8) is 0 Å². The molecule has 0 aliphatic carbocycles. The zero-order chi connectivity index (χ0) is 13.7. The average molecular weight is 256 g/mol. The molecule has 0 unspecified atom stereocenters. The number of para-hydroxylation sites is 1. The zero-order valence-electron chi connectivity index (χ0n) is 11.4. The van der Waals surface area contributed by atoms with Gasteiger partial charge in [0.15, 0.2) is 0 Å². The summed E-state index contributed by atoms with van der Waals surface area (Å²) < 4.78 is 1.78. The maximum atomic E-state index is 12.0. The summed E-state index contributed by atoms with van der Waals surface area (Å²) in [6, 6.07) is 11.4. The normalized spacial score (nSPS) is 10.8. The van der Waals surface area contributed by atoms with E-state index in [-0.39, 0.29) is 5.56 Å². The summed E-state index contributed by atoms with van der Waals surface area (Å²) in [4.78, 5) is 12.0. The zero-order valence-corrected chi connectivity index (χ0v) is 11.4. The Hall–Kier alpha value is -1.87. The number of aromatic nitrogens is 1. The molecule has 0 atom stereocenters. The minimum atomic E-state index is 0.0235. The highest BCUT2D eigenvalue weighted by molar-refractivity contribution is 5.78. The van der Waals surface area contributed by atoms with Crippen LogP contribution in [0.5, 0.6) is 0 Å². The number of fused-ring (bicyclic) bond motifs is 1. The van der Waals surface area contributed by atoms with Crippen molar-refractivity contribution < 1.29 is 0 Å². The first-order valence-electron chi connectivity index (χ1n) is 6.68. The maximum absolute atomic E-state index is 12.0. The van der Waals surface area contributed by atoms with Gasteiger partial charge in [0.1, 0.15) is 0 Å². The van der Waals surface area contributed by atoms with Crippen molar-refractivity contribution in [1.82, 2.24) is 9.88 Å². The second-order valence-electron chi connectivity index (χ2n) is 4.74. The predicted octanol–water partition coefficient (Wildman–Crippen LogP) is 2.56. The van der Waals surface area contributed by atoms with Gasteiger partial charge in [-0.1, -0.05) is 31.7 Å². The van der Waals surface area contributed by atoms with Crippen molar-refractivity contribution in [2.75, 3.05) is 13.1 Å². The molecule has 1 heterocycles. The largest absolute Gasteiger partial charge is 0.313 e. The SMILES string of the molecule is C=C(CNCCC)Cn1c(=O)ccc2ccccc21. The second-order valence-corrected chi connectivity index (χ2v) is 4.74. The van der Waals surface area contributed by atoms with E-state index in [1.165, 1.54) is 0 Å². The average Bonchev–Trinajstić information content (AvgIpc) is 2.42. The number of pyridine rings is 1. The van der Waals surface area contributed by atoms with Crippen LogP contribution < -0.4 is 10.9 Å². The molecule has 2 rings (SSSR count). The Kier molecular flexibility index (Phi) is 4.53. The number of hydrogen-bond donors (Lipinski definition) is 1. The Morgan fingerprint density at radius 1 is 1.26 bits per heavy atom. The van der Waals surface area contributed by atoms with E-state index in [1.807, 2.05) is 30.3 Å². The molecule has 0 saturated heterocycles. The summed E-state index contributed by atoms with van der Waals surface area (Å²) >= 11 is 0. The fraction of sp³-hybridized carbons (Fsp3) is 0.312. The molecule has 3 nitrogen and oxygen atoms in total. The van der Waals surface area contributed by atoms with Crippen LogP contribution in [-0.4, -0.2) is 17.7 Å². The van der Waals surface area contributed by atoms with Crippen LogP contribution >= 0.6 is 0 Å². The highest BCUT2D eigenvalue weighted by atomic mass is 16.1. The van der Waals surface area contributed by atoms with Crippen LogP contribution in [0.1, 0.15) is 13.3 Å². The number of rotatable bonds is 6. The summed E-state index contributed by atoms with van der Waals surface area (Å²) in [6.45, 7) is 8.47. The predicted molar refractivity (Wildman–Crippen MR) is 80.5 cm³/mol. The molecule has 0 amide bonds. The number of hydrogen-bond acceptors (Lipinski definition) is 2. The summed E-state index contributed by atoms with van der Waals surface area (Å²) in [5.41, 5.74) is 2.01. The molecule has 1 aromatic carbocycles. The minimum absolute atomic E-state index is 0.0235. The molecule has 0 saturated carbocycles. The van der Waals surface area contributed by atoms with Gasteiger partial charge in [0.25, 0.3) is 5.56 Å². The molecule has 0 radical (unpaired) electrons. The highest BCUT2D eigenvalue weighted by Gasteiger charge is 2.03. The van der Waals surface area contributed by atoms with E-state index in [1.54, 1.807) is 10.6 Å². The van der Waals surface area contributed by atoms with Crippen molar-refractivity contribution in [2.45, 2.75) is 19.9 Å². The molecular formula is C16H20N2O. The molecule has 0 bridgehead atoms. The van der Waals surface area contributed by atoms with Crippen molar-refractivity contribution in [2.24, 2.45) is 0 Å². The Balaban J connectivity index is 2.22. The lowest BCUT2D eigenvalue weighted by Gasteiger charge is -2.12. The molecule has 0 aliphatic rings. The van der Waals surface area contributed by atoms with E-state index in [2.05, 4.69) is 18.8 Å². The lowest BCUT2D eigenvalue weighted by Crippen LogP contribution is -2.24. The Labute approximate surface area is 113 Å². The fourth-order valence-electron chi connectivity index (χ4n) is 2.13. The smallest absolute Gasteiger partial charge is 0.251 e. The monoisotopic (exact) mass is 256 g/mol. The Bertz CT molecular complexity index is 628. The summed E-state index contributed by atoms with van der Waals surface area (Å²) in [6.07, 6.45) is 1.10. The first-order chi connectivity index (χ1) is 9.22. The number of benzene rings is 1. The van der Waals surface area contributed by atoms with E-state index >= 15 is 0 Å². The van der Waals surface area contributed by atoms with E-state index in [0.29, 0.717) is 6.54 Å². The summed E-state index contributed by atoms with van der Waals surface area (Å²) in [5.74, 6) is 0. The first-order valence-corrected chi connectivity index (χ1v) is 6.68. The topological polar surface area (TPSA) is 34.0 Å². The van der Waals surface area contributed by atoms with Gasteiger partial charge in [-0.05, 0) is 36.1 Å². The van der Waals surface area contributed by atoms with Gasteiger partial charge in [-0.2, -0.15) is 0 Å². The van der Waals surface area contributed by atoms with Gasteiger partial charge in [0.05, 0.1) is 5.52 Å². The van der Waals surface area contributed by atoms with Crippen LogP contribution in [0.25, 0.3) is 10.9 Å². The van der Waals surface area contributed by atoms with Gasteiger partial charge >= 0.3 is 0 Å². The van der Waals surface area contributed by atoms with Gasteiger partial charge in [-0.3, -0.25) is 4.79 Å². The van der Waals surface area contributed by atoms with Crippen LogP contribution in [0.4, 0.5) is 0 Å². The van der Waals surface area contributed by atoms with Crippen molar-refractivity contribution in [3.8, 4) is 0 Å². The van der Waals surface area contributed by atoms with Crippen LogP contribution in [-0.2, 0) is 6.54 Å². The van der Waals surface area contributed by atoms with Gasteiger partial charge < -0.3 is 9.88 Å². The van der Waals surface area contributed by atoms with Crippen molar-refractivity contribution in [1.29, 1.82) is 0 Å². The standard InChI is InChI=1S/C16H20N2O/c1-3-10-17-11-13(2)12-18-15-7-5-4-6-14(15)8-9-16(18)19/h4-9,17H,2-3,10-12H2,1H3. The molecule has 2 aromatic rings. The second kappa shape index (κ2) is 6.34. The molecule has 1 aromatic heterocycles. The van der Waals surface area contributed by atoms with Gasteiger partial charge in [0, 0.05) is 19.2 Å². The lowest BCUT2D eigenvalue weighted by atomic mass is 10.2. The molecular weight excluding hydrogens is 236 g/mol. The first kappa shape index (κ1) is 13.6. The summed E-state index contributed by atoms with van der Waals surface area (Å²) in [5, 5.41) is 4.39. The third-order valence-electron chi connectivity index (χ3n) is 3.08. The number of nitrogens with one attached hydrogen (secondary N) is 1. The lowest BCUT2D eigenvalue weighted by molar-refractivity contribution is 0.674. The molecule has 19 heavy (non-hydrogen) atoms.